The van der Waals surface area contributed by atoms with Crippen LogP contribution in [0.15, 0.2) is 11.2 Å². The summed E-state index contributed by atoms with van der Waals surface area (Å²) in [5.74, 6) is 0.861. The Morgan fingerprint density at radius 2 is 2.26 bits per heavy atom. The maximum atomic E-state index is 4.35. The standard InChI is InChI=1S/C16H29N5S.HI/c1-13-7-4-5-9-21(13)10-6-8-18-16(17-3)20-12-15-19-11-14(2)22-15;/h11,13H,4-10,12H2,1-3H3,(H2,17,18,20);1H. The van der Waals surface area contributed by atoms with Crippen LogP contribution in [0.3, 0.4) is 0 Å². The summed E-state index contributed by atoms with van der Waals surface area (Å²) in [6.45, 7) is 8.56. The Kier molecular flexibility index (Phi) is 10.0. The van der Waals surface area contributed by atoms with Crippen LogP contribution in [0.1, 0.15) is 42.5 Å². The second-order valence-corrected chi connectivity index (χ2v) is 7.27. The van der Waals surface area contributed by atoms with Crippen molar-refractivity contribution >= 4 is 41.3 Å². The zero-order chi connectivity index (χ0) is 15.8. The Morgan fingerprint density at radius 1 is 1.43 bits per heavy atom. The molecule has 1 unspecified atom stereocenters. The van der Waals surface area contributed by atoms with Gasteiger partial charge in [-0.15, -0.1) is 35.3 Å². The molecule has 1 aliphatic heterocycles. The lowest BCUT2D eigenvalue weighted by Crippen LogP contribution is -2.41. The van der Waals surface area contributed by atoms with Gasteiger partial charge in [0.2, 0.25) is 0 Å². The molecule has 0 amide bonds. The number of thiazole rings is 1. The van der Waals surface area contributed by atoms with E-state index in [1.165, 1.54) is 37.2 Å². The molecule has 23 heavy (non-hydrogen) atoms. The van der Waals surface area contributed by atoms with E-state index < -0.39 is 0 Å². The number of piperidine rings is 1. The quantitative estimate of drug-likeness (QED) is 0.302. The van der Waals surface area contributed by atoms with Crippen LogP contribution in [-0.2, 0) is 6.54 Å². The van der Waals surface area contributed by atoms with Crippen LogP contribution in [0.5, 0.6) is 0 Å². The molecule has 0 aromatic carbocycles. The summed E-state index contributed by atoms with van der Waals surface area (Å²) < 4.78 is 0. The number of hydrogen-bond donors (Lipinski definition) is 2. The Hall–Kier alpha value is -0.410. The first-order valence-corrected chi connectivity index (χ1v) is 9.10. The molecule has 0 spiro atoms. The van der Waals surface area contributed by atoms with Gasteiger partial charge in [0.1, 0.15) is 5.01 Å². The van der Waals surface area contributed by atoms with Crippen LogP contribution in [0, 0.1) is 6.92 Å². The Morgan fingerprint density at radius 3 is 2.91 bits per heavy atom. The van der Waals surface area contributed by atoms with Crippen molar-refractivity contribution in [3.8, 4) is 0 Å². The second kappa shape index (κ2) is 11.2. The molecular weight excluding hydrogens is 421 g/mol. The highest BCUT2D eigenvalue weighted by Crippen LogP contribution is 2.16. The van der Waals surface area contributed by atoms with Gasteiger partial charge in [0.25, 0.3) is 0 Å². The van der Waals surface area contributed by atoms with Crippen molar-refractivity contribution in [2.24, 2.45) is 4.99 Å². The molecule has 2 rings (SSSR count). The molecular formula is C16H30IN5S. The molecule has 1 aliphatic rings. The molecule has 1 saturated heterocycles. The molecule has 0 aliphatic carbocycles. The number of aromatic nitrogens is 1. The van der Waals surface area contributed by atoms with E-state index in [1.54, 1.807) is 11.3 Å². The van der Waals surface area contributed by atoms with Crippen molar-refractivity contribution in [1.29, 1.82) is 0 Å². The summed E-state index contributed by atoms with van der Waals surface area (Å²) in [6.07, 6.45) is 7.17. The van der Waals surface area contributed by atoms with Gasteiger partial charge in [-0.2, -0.15) is 0 Å². The monoisotopic (exact) mass is 451 g/mol. The molecule has 132 valence electrons. The number of guanidine groups is 1. The minimum atomic E-state index is 0. The zero-order valence-corrected chi connectivity index (χ0v) is 17.6. The average Bonchev–Trinajstić information content (AvgIpc) is 2.94. The molecule has 1 aromatic heterocycles. The van der Waals surface area contributed by atoms with Crippen molar-refractivity contribution < 1.29 is 0 Å². The highest BCUT2D eigenvalue weighted by Gasteiger charge is 2.17. The Balaban J connectivity index is 0.00000264. The molecule has 1 fully saturated rings. The van der Waals surface area contributed by atoms with Gasteiger partial charge >= 0.3 is 0 Å². The predicted molar refractivity (Wildman–Crippen MR) is 110 cm³/mol. The number of rotatable bonds is 6. The highest BCUT2D eigenvalue weighted by atomic mass is 127. The molecule has 1 aromatic rings. The van der Waals surface area contributed by atoms with Crippen LogP contribution in [0.4, 0.5) is 0 Å². The van der Waals surface area contributed by atoms with Crippen molar-refractivity contribution in [3.05, 3.63) is 16.1 Å². The molecule has 0 saturated carbocycles. The average molecular weight is 451 g/mol. The molecule has 7 heteroatoms. The Labute approximate surface area is 161 Å². The van der Waals surface area contributed by atoms with Gasteiger partial charge in [-0.25, -0.2) is 4.98 Å². The van der Waals surface area contributed by atoms with Crippen LogP contribution in [-0.4, -0.2) is 48.6 Å². The predicted octanol–water partition coefficient (Wildman–Crippen LogP) is 3.00. The van der Waals surface area contributed by atoms with Crippen molar-refractivity contribution in [3.63, 3.8) is 0 Å². The van der Waals surface area contributed by atoms with Gasteiger partial charge in [-0.3, -0.25) is 4.99 Å². The molecule has 0 bridgehead atoms. The fourth-order valence-electron chi connectivity index (χ4n) is 2.84. The summed E-state index contributed by atoms with van der Waals surface area (Å²) in [6, 6.07) is 0.749. The van der Waals surface area contributed by atoms with Crippen LogP contribution < -0.4 is 10.6 Å². The van der Waals surface area contributed by atoms with Crippen molar-refractivity contribution in [1.82, 2.24) is 20.5 Å². The first-order valence-electron chi connectivity index (χ1n) is 8.29. The summed E-state index contributed by atoms with van der Waals surface area (Å²) in [7, 11) is 1.81. The molecule has 2 heterocycles. The van der Waals surface area contributed by atoms with E-state index in [9.17, 15) is 0 Å². The summed E-state index contributed by atoms with van der Waals surface area (Å²) in [5.41, 5.74) is 0. The molecule has 0 radical (unpaired) electrons. The summed E-state index contributed by atoms with van der Waals surface area (Å²) in [5, 5.41) is 7.81. The van der Waals surface area contributed by atoms with E-state index in [0.29, 0.717) is 0 Å². The third-order valence-corrected chi connectivity index (χ3v) is 5.07. The van der Waals surface area contributed by atoms with Crippen LogP contribution >= 0.6 is 35.3 Å². The van der Waals surface area contributed by atoms with Crippen LogP contribution in [0.2, 0.25) is 0 Å². The number of aryl methyl sites for hydroxylation is 1. The fourth-order valence-corrected chi connectivity index (χ4v) is 3.57. The van der Waals surface area contributed by atoms with Gasteiger partial charge in [0.15, 0.2) is 5.96 Å². The van der Waals surface area contributed by atoms with Gasteiger partial charge in [-0.1, -0.05) is 6.42 Å². The number of nitrogens with zero attached hydrogens (tertiary/aromatic N) is 3. The first kappa shape index (κ1) is 20.6. The number of halogens is 1. The molecule has 1 atom stereocenters. The fraction of sp³-hybridized carbons (Fsp3) is 0.750. The lowest BCUT2D eigenvalue weighted by Gasteiger charge is -2.33. The SMILES string of the molecule is CN=C(NCCCN1CCCCC1C)NCc1ncc(C)s1.I. The minimum absolute atomic E-state index is 0. The lowest BCUT2D eigenvalue weighted by molar-refractivity contribution is 0.159. The second-order valence-electron chi connectivity index (χ2n) is 5.95. The van der Waals surface area contributed by atoms with Gasteiger partial charge < -0.3 is 15.5 Å². The minimum Gasteiger partial charge on any atom is -0.356 e. The van der Waals surface area contributed by atoms with E-state index in [1.807, 2.05) is 13.2 Å². The summed E-state index contributed by atoms with van der Waals surface area (Å²) in [4.78, 5) is 12.5. The van der Waals surface area contributed by atoms with Gasteiger partial charge in [-0.05, 0) is 39.7 Å². The van der Waals surface area contributed by atoms with E-state index in [0.717, 1.165) is 36.5 Å². The number of hydrogen-bond acceptors (Lipinski definition) is 4. The number of aliphatic imine (C=N–C) groups is 1. The topological polar surface area (TPSA) is 52.6 Å². The van der Waals surface area contributed by atoms with E-state index in [-0.39, 0.29) is 24.0 Å². The summed E-state index contributed by atoms with van der Waals surface area (Å²) >= 11 is 1.72. The van der Waals surface area contributed by atoms with Gasteiger partial charge in [0.05, 0.1) is 6.54 Å². The van der Waals surface area contributed by atoms with E-state index >= 15 is 0 Å². The molecule has 5 nitrogen and oxygen atoms in total. The van der Waals surface area contributed by atoms with E-state index in [4.69, 9.17) is 0 Å². The molecule has 2 N–H and O–H groups in total. The third kappa shape index (κ3) is 7.34. The normalized spacial score (nSPS) is 19.3. The Bertz CT molecular complexity index is 477. The third-order valence-electron chi connectivity index (χ3n) is 4.15. The van der Waals surface area contributed by atoms with Crippen molar-refractivity contribution in [2.45, 2.75) is 52.1 Å². The first-order chi connectivity index (χ1) is 10.7. The number of nitrogens with one attached hydrogen (secondary N) is 2. The largest absolute Gasteiger partial charge is 0.356 e. The zero-order valence-electron chi connectivity index (χ0n) is 14.5. The lowest BCUT2D eigenvalue weighted by atomic mass is 10.0. The number of likely N-dealkylation sites (tertiary alicyclic amines) is 1. The van der Waals surface area contributed by atoms with Crippen molar-refractivity contribution in [2.75, 3.05) is 26.7 Å². The maximum Gasteiger partial charge on any atom is 0.191 e. The maximum absolute atomic E-state index is 4.35. The van der Waals surface area contributed by atoms with E-state index in [2.05, 4.69) is 39.4 Å². The van der Waals surface area contributed by atoms with Crippen LogP contribution in [0.25, 0.3) is 0 Å². The smallest absolute Gasteiger partial charge is 0.191 e. The highest BCUT2D eigenvalue weighted by molar-refractivity contribution is 14.0. The van der Waals surface area contributed by atoms with Gasteiger partial charge in [0, 0.05) is 37.3 Å².